The third-order valence-electron chi connectivity index (χ3n) is 2.49. The van der Waals surface area contributed by atoms with E-state index in [4.69, 9.17) is 4.74 Å². The van der Waals surface area contributed by atoms with E-state index in [1.54, 1.807) is 0 Å². The maximum atomic E-state index is 4.94. The van der Waals surface area contributed by atoms with Crippen molar-refractivity contribution in [3.8, 4) is 0 Å². The van der Waals surface area contributed by atoms with E-state index < -0.39 is 0 Å². The third kappa shape index (κ3) is 17.3. The van der Waals surface area contributed by atoms with Gasteiger partial charge in [-0.05, 0) is 109 Å². The van der Waals surface area contributed by atoms with Gasteiger partial charge in [0.1, 0.15) is 0 Å². The summed E-state index contributed by atoms with van der Waals surface area (Å²) in [5.74, 6) is 0. The van der Waals surface area contributed by atoms with Gasteiger partial charge in [-0.15, -0.1) is 0 Å². The largest absolute Gasteiger partial charge is 0.381 e. The van der Waals surface area contributed by atoms with E-state index in [-0.39, 0.29) is 32.7 Å². The Morgan fingerprint density at radius 1 is 0.381 bits per heavy atom. The summed E-state index contributed by atoms with van der Waals surface area (Å²) in [6, 6.07) is 0. The quantitative estimate of drug-likeness (QED) is 0.641. The van der Waals surface area contributed by atoms with Crippen LogP contribution >= 0.6 is 0 Å². The Kier molecular flexibility index (Phi) is 20.1. The first-order valence-electron chi connectivity index (χ1n) is 7.08. The van der Waals surface area contributed by atoms with Gasteiger partial charge in [-0.1, -0.05) is 0 Å². The molecule has 0 aromatic heterocycles. The molecule has 1 saturated heterocycles. The second-order valence-corrected chi connectivity index (χ2v) is 4.21. The SMILES string of the molecule is C1CCOC1.[CH]1[CH][CH][CH][CH]1.[CH]1[CH][CH][CH][CH]1.[CH]1[CH][CH][CH][CH]1.[Y]. The first kappa shape index (κ1) is 22.1. The molecule has 0 unspecified atom stereocenters. The summed E-state index contributed by atoms with van der Waals surface area (Å²) in [7, 11) is 0. The van der Waals surface area contributed by atoms with E-state index >= 15 is 0 Å². The van der Waals surface area contributed by atoms with Gasteiger partial charge >= 0.3 is 0 Å². The number of ether oxygens (including phenoxy) is 1. The van der Waals surface area contributed by atoms with Crippen LogP contribution in [0.25, 0.3) is 0 Å². The monoisotopic (exact) mass is 356 g/mol. The smallest absolute Gasteiger partial charge is 0.0466 e. The van der Waals surface area contributed by atoms with E-state index in [0.29, 0.717) is 0 Å². The molecule has 0 amide bonds. The van der Waals surface area contributed by atoms with Crippen molar-refractivity contribution >= 4 is 0 Å². The van der Waals surface area contributed by atoms with Crippen LogP contribution in [0.3, 0.4) is 0 Å². The van der Waals surface area contributed by atoms with Crippen molar-refractivity contribution in [2.45, 2.75) is 12.8 Å². The van der Waals surface area contributed by atoms with Gasteiger partial charge in [0.05, 0.1) is 0 Å². The van der Waals surface area contributed by atoms with Crippen LogP contribution in [0.1, 0.15) is 12.8 Å². The number of hydrogen-bond acceptors (Lipinski definition) is 1. The van der Waals surface area contributed by atoms with Gasteiger partial charge in [0.2, 0.25) is 0 Å². The Hall–Kier alpha value is 1.06. The van der Waals surface area contributed by atoms with Crippen molar-refractivity contribution in [1.29, 1.82) is 0 Å². The molecule has 1 heterocycles. The minimum absolute atomic E-state index is 0. The molecule has 0 aromatic carbocycles. The van der Waals surface area contributed by atoms with Gasteiger partial charge in [-0.2, -0.15) is 0 Å². The first-order chi connectivity index (χ1) is 10.0. The predicted octanol–water partition coefficient (Wildman–Crippen LogP) is 3.86. The Bertz CT molecular complexity index is 98.0. The fourth-order valence-corrected chi connectivity index (χ4v) is 1.47. The summed E-state index contributed by atoms with van der Waals surface area (Å²) in [6.07, 6.45) is 32.6. The van der Waals surface area contributed by atoms with E-state index in [0.717, 1.165) is 13.2 Å². The van der Waals surface area contributed by atoms with Crippen molar-refractivity contribution in [3.05, 3.63) is 96.3 Å². The molecule has 2 heteroatoms. The summed E-state index contributed by atoms with van der Waals surface area (Å²) in [5.41, 5.74) is 0. The fraction of sp³-hybridized carbons (Fsp3) is 0.211. The molecule has 0 N–H and O–H groups in total. The minimum Gasteiger partial charge on any atom is -0.381 e. The molecule has 1 aliphatic heterocycles. The molecule has 3 aliphatic carbocycles. The van der Waals surface area contributed by atoms with Crippen LogP contribution in [0.15, 0.2) is 0 Å². The summed E-state index contributed by atoms with van der Waals surface area (Å²) < 4.78 is 4.94. The van der Waals surface area contributed by atoms with Crippen molar-refractivity contribution in [1.82, 2.24) is 0 Å². The summed E-state index contributed by atoms with van der Waals surface area (Å²) >= 11 is 0. The van der Waals surface area contributed by atoms with Crippen molar-refractivity contribution in [2.24, 2.45) is 0 Å². The topological polar surface area (TPSA) is 9.23 Å². The Balaban J connectivity index is 0.000000250. The molecule has 1 nitrogen and oxygen atoms in total. The van der Waals surface area contributed by atoms with Crippen LogP contribution in [-0.4, -0.2) is 13.2 Å². The van der Waals surface area contributed by atoms with E-state index in [1.807, 2.05) is 96.3 Å². The molecular weight excluding hydrogens is 333 g/mol. The minimum atomic E-state index is 0. The van der Waals surface area contributed by atoms with E-state index in [1.165, 1.54) is 12.8 Å². The molecule has 3 saturated carbocycles. The maximum absolute atomic E-state index is 4.94. The number of rotatable bonds is 0. The predicted molar refractivity (Wildman–Crippen MR) is 84.6 cm³/mol. The third-order valence-corrected chi connectivity index (χ3v) is 2.49. The van der Waals surface area contributed by atoms with Gasteiger partial charge in [0, 0.05) is 45.9 Å². The van der Waals surface area contributed by atoms with E-state index in [9.17, 15) is 0 Å². The zero-order chi connectivity index (χ0) is 14.1. The average Bonchev–Trinajstić information content (AvgIpc) is 3.40. The van der Waals surface area contributed by atoms with Gasteiger partial charge < -0.3 is 4.74 Å². The van der Waals surface area contributed by atoms with Crippen LogP contribution in [0.4, 0.5) is 0 Å². The van der Waals surface area contributed by atoms with Crippen molar-refractivity contribution in [2.75, 3.05) is 13.2 Å². The fourth-order valence-electron chi connectivity index (χ4n) is 1.47. The molecule has 21 heavy (non-hydrogen) atoms. The van der Waals surface area contributed by atoms with Gasteiger partial charge in [-0.3, -0.25) is 0 Å². The van der Waals surface area contributed by atoms with Crippen LogP contribution in [0, 0.1) is 96.3 Å². The summed E-state index contributed by atoms with van der Waals surface area (Å²) in [4.78, 5) is 0. The maximum Gasteiger partial charge on any atom is 0.0466 e. The van der Waals surface area contributed by atoms with Gasteiger partial charge in [-0.25, -0.2) is 0 Å². The van der Waals surface area contributed by atoms with Crippen LogP contribution in [0.5, 0.6) is 0 Å². The molecule has 108 valence electrons. The van der Waals surface area contributed by atoms with Gasteiger partial charge in [0.15, 0.2) is 0 Å². The second-order valence-electron chi connectivity index (χ2n) is 4.21. The van der Waals surface area contributed by atoms with Gasteiger partial charge in [0.25, 0.3) is 0 Å². The van der Waals surface area contributed by atoms with Crippen LogP contribution in [0.2, 0.25) is 0 Å². The zero-order valence-corrected chi connectivity index (χ0v) is 15.3. The summed E-state index contributed by atoms with van der Waals surface area (Å²) in [5, 5.41) is 0. The number of hydrogen-bond donors (Lipinski definition) is 0. The van der Waals surface area contributed by atoms with E-state index in [2.05, 4.69) is 0 Å². The molecule has 4 rings (SSSR count). The molecule has 4 aliphatic rings. The van der Waals surface area contributed by atoms with Crippen molar-refractivity contribution in [3.63, 3.8) is 0 Å². The summed E-state index contributed by atoms with van der Waals surface area (Å²) in [6.45, 7) is 2.00. The Morgan fingerprint density at radius 3 is 0.667 bits per heavy atom. The zero-order valence-electron chi connectivity index (χ0n) is 12.5. The molecule has 0 spiro atoms. The molecule has 0 atom stereocenters. The molecule has 0 bridgehead atoms. The normalized spacial score (nSPS) is 22.9. The Labute approximate surface area is 159 Å². The second kappa shape index (κ2) is 19.1. The van der Waals surface area contributed by atoms with Crippen molar-refractivity contribution < 1.29 is 37.4 Å². The standard InChI is InChI=1S/3C5H5.C4H8O.Y/c4*1-2-4-5-3-1;/h3*1-5H;1-4H2;. The van der Waals surface area contributed by atoms with Crippen LogP contribution < -0.4 is 0 Å². The Morgan fingerprint density at radius 2 is 0.571 bits per heavy atom. The van der Waals surface area contributed by atoms with Crippen LogP contribution in [-0.2, 0) is 37.4 Å². The molecule has 4 fully saturated rings. The molecule has 16 radical (unpaired) electrons. The molecular formula is C19H23OY. The average molecular weight is 356 g/mol. The first-order valence-corrected chi connectivity index (χ1v) is 7.08. The molecule has 0 aromatic rings.